The van der Waals surface area contributed by atoms with Gasteiger partial charge in [0.15, 0.2) is 0 Å². The Morgan fingerprint density at radius 1 is 1.32 bits per heavy atom. The summed E-state index contributed by atoms with van der Waals surface area (Å²) in [6.07, 6.45) is 3.26. The molecule has 1 saturated carbocycles. The molecule has 19 heavy (non-hydrogen) atoms. The Kier molecular flexibility index (Phi) is 4.16. The molecule has 1 aromatic carbocycles. The summed E-state index contributed by atoms with van der Waals surface area (Å²) in [6.45, 7) is 0. The highest BCUT2D eigenvalue weighted by atomic mass is 19.1. The summed E-state index contributed by atoms with van der Waals surface area (Å²) in [5, 5.41) is 8.86. The minimum absolute atomic E-state index is 0.105. The lowest BCUT2D eigenvalue weighted by Gasteiger charge is -2.32. The van der Waals surface area contributed by atoms with E-state index in [0.717, 1.165) is 25.7 Å². The van der Waals surface area contributed by atoms with E-state index >= 15 is 0 Å². The summed E-state index contributed by atoms with van der Waals surface area (Å²) in [7, 11) is 1.71. The van der Waals surface area contributed by atoms with Crippen molar-refractivity contribution in [2.24, 2.45) is 5.92 Å². The van der Waals surface area contributed by atoms with Crippen LogP contribution in [0.2, 0.25) is 0 Å². The molecule has 1 aromatic rings. The third kappa shape index (κ3) is 2.93. The minimum Gasteiger partial charge on any atom is -0.339 e. The predicted octanol–water partition coefficient (Wildman–Crippen LogP) is 2.98. The molecule has 3 nitrogen and oxygen atoms in total. The molecule has 1 fully saturated rings. The van der Waals surface area contributed by atoms with Gasteiger partial charge >= 0.3 is 0 Å². The van der Waals surface area contributed by atoms with Crippen LogP contribution in [0.25, 0.3) is 0 Å². The topological polar surface area (TPSA) is 44.1 Å². The average molecular weight is 260 g/mol. The summed E-state index contributed by atoms with van der Waals surface area (Å²) >= 11 is 0. The van der Waals surface area contributed by atoms with Crippen LogP contribution in [-0.2, 0) is 0 Å². The normalized spacial score (nSPS) is 22.6. The molecular weight excluding hydrogens is 243 g/mol. The van der Waals surface area contributed by atoms with Gasteiger partial charge in [-0.3, -0.25) is 4.79 Å². The van der Waals surface area contributed by atoms with Gasteiger partial charge in [0.25, 0.3) is 5.91 Å². The molecule has 100 valence electrons. The highest BCUT2D eigenvalue weighted by Crippen LogP contribution is 2.27. The smallest absolute Gasteiger partial charge is 0.256 e. The number of nitrogens with zero attached hydrogens (tertiary/aromatic N) is 2. The highest BCUT2D eigenvalue weighted by molar-refractivity contribution is 5.94. The minimum atomic E-state index is -0.481. The molecule has 4 heteroatoms. The van der Waals surface area contributed by atoms with E-state index < -0.39 is 5.82 Å². The van der Waals surface area contributed by atoms with Crippen LogP contribution in [0.3, 0.4) is 0 Å². The maximum Gasteiger partial charge on any atom is 0.256 e. The van der Waals surface area contributed by atoms with Gasteiger partial charge in [-0.15, -0.1) is 0 Å². The average Bonchev–Trinajstić information content (AvgIpc) is 2.46. The summed E-state index contributed by atoms with van der Waals surface area (Å²) in [4.78, 5) is 13.9. The monoisotopic (exact) mass is 260 g/mol. The van der Waals surface area contributed by atoms with Crippen molar-refractivity contribution in [2.45, 2.75) is 31.7 Å². The second-order valence-electron chi connectivity index (χ2n) is 5.03. The third-order valence-electron chi connectivity index (χ3n) is 3.85. The number of benzene rings is 1. The molecule has 0 radical (unpaired) electrons. The van der Waals surface area contributed by atoms with E-state index in [9.17, 15) is 9.18 Å². The number of hydrogen-bond donors (Lipinski definition) is 0. The van der Waals surface area contributed by atoms with E-state index in [1.54, 1.807) is 24.1 Å². The largest absolute Gasteiger partial charge is 0.339 e. The fourth-order valence-electron chi connectivity index (χ4n) is 2.58. The van der Waals surface area contributed by atoms with Crippen molar-refractivity contribution in [1.29, 1.82) is 5.26 Å². The number of carbonyl (C=O) groups excluding carboxylic acids is 1. The van der Waals surface area contributed by atoms with Crippen LogP contribution in [0, 0.1) is 23.1 Å². The molecule has 0 aliphatic heterocycles. The summed E-state index contributed by atoms with van der Waals surface area (Å²) < 4.78 is 13.6. The highest BCUT2D eigenvalue weighted by Gasteiger charge is 2.27. The van der Waals surface area contributed by atoms with Gasteiger partial charge in [-0.25, -0.2) is 4.39 Å². The molecule has 0 aromatic heterocycles. The number of amides is 1. The first-order valence-corrected chi connectivity index (χ1v) is 6.54. The second kappa shape index (κ2) is 5.83. The van der Waals surface area contributed by atoms with E-state index in [1.807, 2.05) is 0 Å². The van der Waals surface area contributed by atoms with Crippen LogP contribution in [0.5, 0.6) is 0 Å². The van der Waals surface area contributed by atoms with E-state index in [0.29, 0.717) is 0 Å². The molecule has 0 bridgehead atoms. The van der Waals surface area contributed by atoms with Crippen molar-refractivity contribution < 1.29 is 9.18 Å². The second-order valence-corrected chi connectivity index (χ2v) is 5.03. The molecule has 1 aliphatic carbocycles. The molecule has 1 aliphatic rings. The lowest BCUT2D eigenvalue weighted by atomic mass is 9.86. The van der Waals surface area contributed by atoms with Crippen molar-refractivity contribution in [3.8, 4) is 6.07 Å². The van der Waals surface area contributed by atoms with Crippen LogP contribution in [-0.4, -0.2) is 23.9 Å². The quantitative estimate of drug-likeness (QED) is 0.820. The first-order chi connectivity index (χ1) is 9.13. The summed E-state index contributed by atoms with van der Waals surface area (Å²) in [6, 6.07) is 8.42. The Morgan fingerprint density at radius 2 is 1.95 bits per heavy atom. The Morgan fingerprint density at radius 3 is 2.53 bits per heavy atom. The number of nitriles is 1. The van der Waals surface area contributed by atoms with Gasteiger partial charge in [-0.05, 0) is 37.8 Å². The maximum atomic E-state index is 13.6. The first-order valence-electron chi connectivity index (χ1n) is 6.54. The zero-order valence-electron chi connectivity index (χ0n) is 11.0. The fourth-order valence-corrected chi connectivity index (χ4v) is 2.58. The van der Waals surface area contributed by atoms with E-state index in [2.05, 4.69) is 6.07 Å². The van der Waals surface area contributed by atoms with Gasteiger partial charge in [-0.2, -0.15) is 5.26 Å². The van der Waals surface area contributed by atoms with E-state index in [4.69, 9.17) is 5.26 Å². The first kappa shape index (κ1) is 13.5. The standard InChI is InChI=1S/C15H17FN2O/c1-18(12-8-6-11(10-17)7-9-12)15(19)13-4-2-3-5-14(13)16/h2-5,11-12H,6-9H2,1H3. The zero-order valence-corrected chi connectivity index (χ0v) is 11.0. The van der Waals surface area contributed by atoms with Gasteiger partial charge < -0.3 is 4.90 Å². The number of hydrogen-bond acceptors (Lipinski definition) is 2. The van der Waals surface area contributed by atoms with Gasteiger partial charge in [0.1, 0.15) is 5.82 Å². The van der Waals surface area contributed by atoms with Crippen LogP contribution in [0.15, 0.2) is 24.3 Å². The third-order valence-corrected chi connectivity index (χ3v) is 3.85. The van der Waals surface area contributed by atoms with Crippen molar-refractivity contribution in [1.82, 2.24) is 4.90 Å². The molecular formula is C15H17FN2O. The van der Waals surface area contributed by atoms with Crippen molar-refractivity contribution in [2.75, 3.05) is 7.05 Å². The van der Waals surface area contributed by atoms with Crippen LogP contribution in [0.1, 0.15) is 36.0 Å². The zero-order chi connectivity index (χ0) is 13.8. The number of halogens is 1. The van der Waals surface area contributed by atoms with Crippen LogP contribution >= 0.6 is 0 Å². The van der Waals surface area contributed by atoms with E-state index in [-0.39, 0.29) is 23.4 Å². The molecule has 1 amide bonds. The molecule has 0 heterocycles. The molecule has 0 unspecified atom stereocenters. The van der Waals surface area contributed by atoms with Gasteiger partial charge in [0, 0.05) is 19.0 Å². The van der Waals surface area contributed by atoms with Crippen LogP contribution in [0.4, 0.5) is 4.39 Å². The van der Waals surface area contributed by atoms with Gasteiger partial charge in [0.2, 0.25) is 0 Å². The molecule has 0 N–H and O–H groups in total. The summed E-state index contributed by atoms with van der Waals surface area (Å²) in [5.41, 5.74) is 0.118. The Labute approximate surface area is 112 Å². The maximum absolute atomic E-state index is 13.6. The number of rotatable bonds is 2. The predicted molar refractivity (Wildman–Crippen MR) is 69.9 cm³/mol. The molecule has 0 atom stereocenters. The molecule has 0 saturated heterocycles. The SMILES string of the molecule is CN(C(=O)c1ccccc1F)C1CCC(C#N)CC1. The molecule has 2 rings (SSSR count). The van der Waals surface area contributed by atoms with Gasteiger partial charge in [0.05, 0.1) is 11.6 Å². The number of carbonyl (C=O) groups is 1. The lowest BCUT2D eigenvalue weighted by Crippen LogP contribution is -2.39. The van der Waals surface area contributed by atoms with Gasteiger partial charge in [-0.1, -0.05) is 12.1 Å². The van der Waals surface area contributed by atoms with Crippen LogP contribution < -0.4 is 0 Å². The lowest BCUT2D eigenvalue weighted by molar-refractivity contribution is 0.0681. The Bertz CT molecular complexity index is 501. The summed E-state index contributed by atoms with van der Waals surface area (Å²) in [5.74, 6) is -0.656. The Hall–Kier alpha value is -1.89. The fraction of sp³-hybridized carbons (Fsp3) is 0.467. The Balaban J connectivity index is 2.05. The van der Waals surface area contributed by atoms with Crippen molar-refractivity contribution >= 4 is 5.91 Å². The molecule has 0 spiro atoms. The van der Waals surface area contributed by atoms with E-state index in [1.165, 1.54) is 12.1 Å². The van der Waals surface area contributed by atoms with Crippen molar-refractivity contribution in [3.63, 3.8) is 0 Å². The van der Waals surface area contributed by atoms with Crippen molar-refractivity contribution in [3.05, 3.63) is 35.6 Å².